The molecule has 1 amide bonds. The third-order valence-corrected chi connectivity index (χ3v) is 13.3. The molecule has 0 radical (unpaired) electrons. The van der Waals surface area contributed by atoms with Crippen molar-refractivity contribution in [3.8, 4) is 0 Å². The molecule has 3 saturated carbocycles. The van der Waals surface area contributed by atoms with Gasteiger partial charge in [0.25, 0.3) is 0 Å². The minimum absolute atomic E-state index is 0.0120. The van der Waals surface area contributed by atoms with Crippen LogP contribution in [0.15, 0.2) is 76.8 Å². The zero-order valence-corrected chi connectivity index (χ0v) is 28.9. The smallest absolute Gasteiger partial charge is 0.330 e. The van der Waals surface area contributed by atoms with Gasteiger partial charge in [-0.15, -0.1) is 0 Å². The van der Waals surface area contributed by atoms with E-state index >= 15 is 0 Å². The standard InChI is InChI=1S/C40H50N2O5/c1-26-28-12-13-31-38(4,29(28)24-30(43)34(26)45)18-20-40(6)32-25-37(3,16-15-36(32,2)17-19-39(31,40)5)35(46)42-22-9-23-47-33(44)14-11-27-10-7-8-21-41-27/h7-8,10-14,21,24,32,45H,9,15-20,22-23,25H2,1-6H3,(H,42,46)/b14-11+/t32-,36-,37-,38+,39-,40+/m1/s1. The van der Waals surface area contributed by atoms with Crippen molar-refractivity contribution in [2.75, 3.05) is 13.2 Å². The normalized spacial score (nSPS) is 36.3. The topological polar surface area (TPSA) is 106 Å². The van der Waals surface area contributed by atoms with Crippen LogP contribution >= 0.6 is 0 Å². The molecular formula is C40H50N2O5. The van der Waals surface area contributed by atoms with Crippen molar-refractivity contribution in [1.29, 1.82) is 0 Å². The number of esters is 1. The number of nitrogens with zero attached hydrogens (tertiary/aromatic N) is 1. The van der Waals surface area contributed by atoms with Gasteiger partial charge in [-0.2, -0.15) is 0 Å². The summed E-state index contributed by atoms with van der Waals surface area (Å²) in [5.41, 5.74) is 4.13. The lowest BCUT2D eigenvalue weighted by molar-refractivity contribution is -0.169. The van der Waals surface area contributed by atoms with Crippen LogP contribution in [-0.4, -0.2) is 40.9 Å². The van der Waals surface area contributed by atoms with Crippen LogP contribution in [0.5, 0.6) is 0 Å². The Hall–Kier alpha value is -3.74. The summed E-state index contributed by atoms with van der Waals surface area (Å²) in [6.45, 7) is 14.4. The molecule has 0 unspecified atom stereocenters. The zero-order valence-electron chi connectivity index (χ0n) is 28.9. The molecule has 0 spiro atoms. The second kappa shape index (κ2) is 11.7. The number of aliphatic hydroxyl groups excluding tert-OH is 1. The highest BCUT2D eigenvalue weighted by molar-refractivity contribution is 6.06. The highest BCUT2D eigenvalue weighted by atomic mass is 16.5. The minimum Gasteiger partial charge on any atom is -0.504 e. The number of ketones is 1. The van der Waals surface area contributed by atoms with Crippen molar-refractivity contribution in [1.82, 2.24) is 10.3 Å². The quantitative estimate of drug-likeness (QED) is 0.180. The molecule has 2 N–H and O–H groups in total. The van der Waals surface area contributed by atoms with Crippen LogP contribution in [0, 0.1) is 33.0 Å². The molecule has 5 aliphatic carbocycles. The molecule has 7 heteroatoms. The summed E-state index contributed by atoms with van der Waals surface area (Å²) in [5.74, 6) is -0.399. The Labute approximate surface area is 279 Å². The number of nitrogens with one attached hydrogen (secondary N) is 1. The number of aliphatic hydroxyl groups is 1. The number of aromatic nitrogens is 1. The Balaban J connectivity index is 1.14. The van der Waals surface area contributed by atoms with Crippen molar-refractivity contribution in [3.63, 3.8) is 0 Å². The third-order valence-electron chi connectivity index (χ3n) is 13.3. The maximum atomic E-state index is 13.8. The Kier molecular flexibility index (Phi) is 8.29. The summed E-state index contributed by atoms with van der Waals surface area (Å²) < 4.78 is 5.33. The first-order valence-electron chi connectivity index (χ1n) is 17.3. The van der Waals surface area contributed by atoms with E-state index in [9.17, 15) is 19.5 Å². The number of hydrogen-bond acceptors (Lipinski definition) is 6. The Morgan fingerprint density at radius 3 is 2.55 bits per heavy atom. The molecule has 0 aliphatic heterocycles. The molecule has 0 aromatic carbocycles. The molecule has 0 bridgehead atoms. The Bertz CT molecular complexity index is 1650. The molecule has 1 aromatic heterocycles. The van der Waals surface area contributed by atoms with E-state index in [2.05, 4.69) is 57.1 Å². The number of fused-ring (bicyclic) bond motifs is 7. The van der Waals surface area contributed by atoms with E-state index in [-0.39, 0.29) is 45.7 Å². The van der Waals surface area contributed by atoms with Crippen molar-refractivity contribution in [3.05, 3.63) is 82.4 Å². The first kappa shape index (κ1) is 33.2. The SMILES string of the molecule is CC1=C(O)C(=O)C=C2C1=CC=C1[C@@]2(C)CC[C@@]2(C)[C@@H]3C[C@](C)(C(=O)NCCCOC(=O)/C=C/c4ccccn4)CC[C@]3(C)CC[C@]12C. The highest BCUT2D eigenvalue weighted by Crippen LogP contribution is 2.75. The van der Waals surface area contributed by atoms with Crippen molar-refractivity contribution < 1.29 is 24.2 Å². The van der Waals surface area contributed by atoms with Crippen LogP contribution in [0.1, 0.15) is 98.6 Å². The molecule has 6 rings (SSSR count). The van der Waals surface area contributed by atoms with Crippen LogP contribution in [0.3, 0.4) is 0 Å². The van der Waals surface area contributed by atoms with E-state index in [1.807, 2.05) is 25.1 Å². The van der Waals surface area contributed by atoms with Gasteiger partial charge >= 0.3 is 5.97 Å². The van der Waals surface area contributed by atoms with E-state index in [0.717, 1.165) is 56.1 Å². The molecule has 47 heavy (non-hydrogen) atoms. The fraction of sp³-hybridized carbons (Fsp3) is 0.550. The second-order valence-corrected chi connectivity index (χ2v) is 16.0. The fourth-order valence-corrected chi connectivity index (χ4v) is 10.00. The maximum Gasteiger partial charge on any atom is 0.330 e. The average Bonchev–Trinajstić information content (AvgIpc) is 3.05. The Morgan fingerprint density at radius 2 is 1.81 bits per heavy atom. The number of carbonyl (C=O) groups excluding carboxylic acids is 3. The fourth-order valence-electron chi connectivity index (χ4n) is 10.00. The molecule has 1 heterocycles. The molecule has 250 valence electrons. The minimum atomic E-state index is -0.472. The van der Waals surface area contributed by atoms with Gasteiger partial charge in [-0.25, -0.2) is 4.79 Å². The molecule has 3 fully saturated rings. The van der Waals surface area contributed by atoms with Crippen LogP contribution in [0.25, 0.3) is 6.08 Å². The van der Waals surface area contributed by atoms with Gasteiger partial charge in [0.15, 0.2) is 5.76 Å². The van der Waals surface area contributed by atoms with Gasteiger partial charge in [-0.3, -0.25) is 14.6 Å². The van der Waals surface area contributed by atoms with E-state index < -0.39 is 11.4 Å². The predicted octanol–water partition coefficient (Wildman–Crippen LogP) is 7.77. The molecule has 5 aliphatic rings. The molecule has 1 aromatic rings. The number of amides is 1. The van der Waals surface area contributed by atoms with Gasteiger partial charge in [-0.05, 0) is 116 Å². The Morgan fingerprint density at radius 1 is 1.04 bits per heavy atom. The maximum absolute atomic E-state index is 13.8. The summed E-state index contributed by atoms with van der Waals surface area (Å²) >= 11 is 0. The number of carbonyl (C=O) groups is 3. The second-order valence-electron chi connectivity index (χ2n) is 16.0. The van der Waals surface area contributed by atoms with Gasteiger partial charge in [0.1, 0.15) is 0 Å². The zero-order chi connectivity index (χ0) is 33.8. The summed E-state index contributed by atoms with van der Waals surface area (Å²) in [5, 5.41) is 13.6. The van der Waals surface area contributed by atoms with Crippen molar-refractivity contribution >= 4 is 23.7 Å². The van der Waals surface area contributed by atoms with Crippen LogP contribution in [0.2, 0.25) is 0 Å². The predicted molar refractivity (Wildman–Crippen MR) is 183 cm³/mol. The van der Waals surface area contributed by atoms with E-state index in [4.69, 9.17) is 4.74 Å². The van der Waals surface area contributed by atoms with Crippen LogP contribution in [-0.2, 0) is 19.1 Å². The van der Waals surface area contributed by atoms with Crippen LogP contribution in [0.4, 0.5) is 0 Å². The van der Waals surface area contributed by atoms with Gasteiger partial charge in [0.05, 0.1) is 12.3 Å². The van der Waals surface area contributed by atoms with E-state index in [0.29, 0.717) is 30.2 Å². The number of hydrogen-bond donors (Lipinski definition) is 2. The van der Waals surface area contributed by atoms with Gasteiger partial charge in [0, 0.05) is 35.2 Å². The number of pyridine rings is 1. The first-order valence-corrected chi connectivity index (χ1v) is 17.3. The molecule has 0 saturated heterocycles. The number of allylic oxidation sites excluding steroid dienone is 7. The summed E-state index contributed by atoms with van der Waals surface area (Å²) in [6.07, 6.45) is 18.2. The lowest BCUT2D eigenvalue weighted by atomic mass is 9.34. The molecular weight excluding hydrogens is 588 g/mol. The van der Waals surface area contributed by atoms with E-state index in [1.165, 1.54) is 11.6 Å². The monoisotopic (exact) mass is 638 g/mol. The first-order chi connectivity index (χ1) is 22.2. The van der Waals surface area contributed by atoms with Gasteiger partial charge in [-0.1, -0.05) is 58.4 Å². The summed E-state index contributed by atoms with van der Waals surface area (Å²) in [6, 6.07) is 5.50. The van der Waals surface area contributed by atoms with Crippen molar-refractivity contribution in [2.45, 2.75) is 92.9 Å². The molecule has 6 atom stereocenters. The lowest BCUT2D eigenvalue weighted by Gasteiger charge is -2.70. The number of rotatable bonds is 7. The van der Waals surface area contributed by atoms with E-state index in [1.54, 1.807) is 18.3 Å². The van der Waals surface area contributed by atoms with Gasteiger partial charge in [0.2, 0.25) is 11.7 Å². The molecule has 7 nitrogen and oxygen atoms in total. The van der Waals surface area contributed by atoms with Crippen molar-refractivity contribution in [2.24, 2.45) is 33.0 Å². The summed E-state index contributed by atoms with van der Waals surface area (Å²) in [4.78, 5) is 42.9. The highest BCUT2D eigenvalue weighted by Gasteiger charge is 2.67. The largest absolute Gasteiger partial charge is 0.504 e. The third kappa shape index (κ3) is 5.34. The van der Waals surface area contributed by atoms with Crippen LogP contribution < -0.4 is 5.32 Å². The van der Waals surface area contributed by atoms with Gasteiger partial charge < -0.3 is 15.2 Å². The lowest BCUT2D eigenvalue weighted by Crippen LogP contribution is -2.62. The number of ether oxygens (including phenoxy) is 1. The average molecular weight is 639 g/mol. The summed E-state index contributed by atoms with van der Waals surface area (Å²) in [7, 11) is 0.